The molecule has 3 aromatic rings. The number of carbonyl (C=O) groups excluding carboxylic acids is 1. The van der Waals surface area contributed by atoms with Crippen LogP contribution in [0, 0.1) is 11.3 Å². The van der Waals surface area contributed by atoms with E-state index in [-0.39, 0.29) is 5.57 Å². The van der Waals surface area contributed by atoms with Crippen molar-refractivity contribution in [1.29, 1.82) is 5.26 Å². The highest BCUT2D eigenvalue weighted by atomic mass is 35.5. The molecule has 1 aliphatic rings. The van der Waals surface area contributed by atoms with E-state index < -0.39 is 5.78 Å². The Kier molecular flexibility index (Phi) is 4.53. The third-order valence-electron chi connectivity index (χ3n) is 4.18. The summed E-state index contributed by atoms with van der Waals surface area (Å²) in [5.41, 5.74) is 1.69. The fraction of sp³-hybridized carbons (Fsp3) is 0.100. The van der Waals surface area contributed by atoms with Gasteiger partial charge < -0.3 is 14.5 Å². The first-order valence-electron chi connectivity index (χ1n) is 8.09. The molecule has 0 fully saturated rings. The second kappa shape index (κ2) is 6.99. The summed E-state index contributed by atoms with van der Waals surface area (Å²) in [7, 11) is 0. The molecule has 4 rings (SSSR count). The highest BCUT2D eigenvalue weighted by Crippen LogP contribution is 2.39. The van der Waals surface area contributed by atoms with Crippen LogP contribution in [0.1, 0.15) is 15.9 Å². The van der Waals surface area contributed by atoms with E-state index in [1.807, 2.05) is 6.07 Å². The number of allylic oxidation sites excluding steroid dienone is 1. The number of ketones is 1. The average molecular weight is 399 g/mol. The first kappa shape index (κ1) is 17.5. The second-order valence-electron chi connectivity index (χ2n) is 5.92. The summed E-state index contributed by atoms with van der Waals surface area (Å²) in [5, 5.41) is 11.1. The van der Waals surface area contributed by atoms with Gasteiger partial charge in [0, 0.05) is 27.7 Å². The number of halogens is 2. The number of hydrogen-bond donors (Lipinski definition) is 1. The highest BCUT2D eigenvalue weighted by Gasteiger charge is 2.19. The van der Waals surface area contributed by atoms with E-state index in [9.17, 15) is 10.1 Å². The van der Waals surface area contributed by atoms with Gasteiger partial charge in [0.25, 0.3) is 0 Å². The number of H-pyrrole nitrogens is 1. The lowest BCUT2D eigenvalue weighted by Crippen LogP contribution is -2.15. The molecule has 27 heavy (non-hydrogen) atoms. The maximum Gasteiger partial charge on any atom is 0.205 e. The van der Waals surface area contributed by atoms with Crippen LogP contribution in [0.5, 0.6) is 11.5 Å². The number of fused-ring (bicyclic) bond motifs is 2. The molecule has 0 unspecified atom stereocenters. The maximum absolute atomic E-state index is 12.9. The number of Topliss-reactive ketones (excluding diaryl/α,β-unsaturated/α-hetero) is 1. The number of nitrogens with zero attached hydrogens (tertiary/aromatic N) is 1. The molecule has 7 heteroatoms. The van der Waals surface area contributed by atoms with E-state index in [1.165, 1.54) is 6.08 Å². The van der Waals surface area contributed by atoms with Crippen LogP contribution in [0.3, 0.4) is 0 Å². The van der Waals surface area contributed by atoms with Crippen molar-refractivity contribution < 1.29 is 14.3 Å². The first-order valence-corrected chi connectivity index (χ1v) is 8.84. The molecule has 0 radical (unpaired) electrons. The summed E-state index contributed by atoms with van der Waals surface area (Å²) in [6.07, 6.45) is 3.06. The molecule has 1 aromatic heterocycles. The molecule has 1 aliphatic heterocycles. The monoisotopic (exact) mass is 398 g/mol. The number of nitriles is 1. The molecule has 0 spiro atoms. The zero-order valence-corrected chi connectivity index (χ0v) is 15.4. The third kappa shape index (κ3) is 3.25. The summed E-state index contributed by atoms with van der Waals surface area (Å²) in [6, 6.07) is 10.5. The lowest BCUT2D eigenvalue weighted by atomic mass is 10.0. The van der Waals surface area contributed by atoms with E-state index in [4.69, 9.17) is 32.7 Å². The maximum atomic E-state index is 12.9. The number of benzene rings is 2. The topological polar surface area (TPSA) is 75.1 Å². The van der Waals surface area contributed by atoms with Gasteiger partial charge in [-0.15, -0.1) is 0 Å². The Balaban J connectivity index is 1.74. The normalized spacial score (nSPS) is 13.4. The van der Waals surface area contributed by atoms with E-state index in [0.717, 1.165) is 5.52 Å². The van der Waals surface area contributed by atoms with Crippen LogP contribution >= 0.6 is 23.2 Å². The van der Waals surface area contributed by atoms with Crippen LogP contribution in [0.25, 0.3) is 17.0 Å². The van der Waals surface area contributed by atoms with Crippen LogP contribution in [-0.2, 0) is 0 Å². The number of nitrogens with one attached hydrogen (secondary N) is 1. The summed E-state index contributed by atoms with van der Waals surface area (Å²) in [6.45, 7) is 0.840. The molecular formula is C20H12Cl2N2O3. The number of aromatic amines is 1. The Morgan fingerprint density at radius 3 is 2.81 bits per heavy atom. The number of rotatable bonds is 3. The number of carbonyl (C=O) groups is 1. The second-order valence-corrected chi connectivity index (χ2v) is 6.76. The summed E-state index contributed by atoms with van der Waals surface area (Å²) in [5.74, 6) is 0.571. The van der Waals surface area contributed by atoms with E-state index in [2.05, 4.69) is 4.98 Å². The molecule has 134 valence electrons. The van der Waals surface area contributed by atoms with Gasteiger partial charge in [-0.1, -0.05) is 29.3 Å². The highest BCUT2D eigenvalue weighted by molar-refractivity contribution is 6.32. The van der Waals surface area contributed by atoms with Crippen molar-refractivity contribution >= 4 is 46.0 Å². The van der Waals surface area contributed by atoms with Gasteiger partial charge in [-0.3, -0.25) is 4.79 Å². The number of aromatic nitrogens is 1. The van der Waals surface area contributed by atoms with Gasteiger partial charge in [0.15, 0.2) is 11.5 Å². The van der Waals surface area contributed by atoms with Crippen LogP contribution in [-0.4, -0.2) is 24.0 Å². The van der Waals surface area contributed by atoms with Crippen molar-refractivity contribution in [2.24, 2.45) is 0 Å². The fourth-order valence-electron chi connectivity index (χ4n) is 2.96. The Labute approximate surface area is 164 Å². The van der Waals surface area contributed by atoms with E-state index >= 15 is 0 Å². The van der Waals surface area contributed by atoms with Crippen molar-refractivity contribution in [3.8, 4) is 17.6 Å². The summed E-state index contributed by atoms with van der Waals surface area (Å²) in [4.78, 5) is 15.9. The zero-order valence-electron chi connectivity index (χ0n) is 13.9. The Hall–Kier alpha value is -2.94. The molecule has 0 bridgehead atoms. The van der Waals surface area contributed by atoms with Crippen molar-refractivity contribution in [2.45, 2.75) is 0 Å². The van der Waals surface area contributed by atoms with Crippen LogP contribution in [0.15, 0.2) is 42.1 Å². The predicted octanol–water partition coefficient (Wildman–Crippen LogP) is 5.04. The molecule has 0 atom stereocenters. The Morgan fingerprint density at radius 1 is 1.19 bits per heavy atom. The Bertz CT molecular complexity index is 1140. The molecule has 2 aromatic carbocycles. The zero-order chi connectivity index (χ0) is 19.0. The third-order valence-corrected chi connectivity index (χ3v) is 4.70. The van der Waals surface area contributed by atoms with E-state index in [0.29, 0.717) is 51.3 Å². The smallest absolute Gasteiger partial charge is 0.205 e. The van der Waals surface area contributed by atoms with Gasteiger partial charge in [-0.2, -0.15) is 5.26 Å². The standard InChI is InChI=1S/C20H12Cl2N2O3/c21-13-1-2-14-15(10-24-17(14)8-13)19(25)12(9-23)5-11-6-16(22)20-18(7-11)26-3-4-27-20/h1-2,5-8,10,24H,3-4H2/b12-5-. The predicted molar refractivity (Wildman–Crippen MR) is 104 cm³/mol. The molecule has 2 heterocycles. The van der Waals surface area contributed by atoms with Gasteiger partial charge >= 0.3 is 0 Å². The van der Waals surface area contributed by atoms with Gasteiger partial charge in [0.2, 0.25) is 5.78 Å². The average Bonchev–Trinajstić information content (AvgIpc) is 3.08. The minimum absolute atomic E-state index is 0.0152. The van der Waals surface area contributed by atoms with Gasteiger partial charge in [0.1, 0.15) is 24.9 Å². The van der Waals surface area contributed by atoms with Crippen LogP contribution < -0.4 is 9.47 Å². The summed E-state index contributed by atoms with van der Waals surface area (Å²) < 4.78 is 11.0. The first-order chi connectivity index (χ1) is 13.1. The fourth-order valence-corrected chi connectivity index (χ4v) is 3.41. The van der Waals surface area contributed by atoms with Crippen LogP contribution in [0.2, 0.25) is 10.0 Å². The number of hydrogen-bond acceptors (Lipinski definition) is 4. The minimum atomic E-state index is -0.392. The van der Waals surface area contributed by atoms with Crippen LogP contribution in [0.4, 0.5) is 0 Å². The minimum Gasteiger partial charge on any atom is -0.486 e. The summed E-state index contributed by atoms with van der Waals surface area (Å²) >= 11 is 12.2. The van der Waals surface area contributed by atoms with Crippen molar-refractivity contribution in [2.75, 3.05) is 13.2 Å². The largest absolute Gasteiger partial charge is 0.486 e. The van der Waals surface area contributed by atoms with Gasteiger partial charge in [-0.25, -0.2) is 0 Å². The molecule has 0 amide bonds. The Morgan fingerprint density at radius 2 is 2.00 bits per heavy atom. The van der Waals surface area contributed by atoms with Gasteiger partial charge in [-0.05, 0) is 35.9 Å². The lowest BCUT2D eigenvalue weighted by molar-refractivity contribution is 0.104. The SMILES string of the molecule is N#C/C(=C/c1cc(Cl)c2c(c1)OCCO2)C(=O)c1c[nH]c2cc(Cl)ccc12. The van der Waals surface area contributed by atoms with Gasteiger partial charge in [0.05, 0.1) is 5.02 Å². The van der Waals surface area contributed by atoms with Crippen molar-refractivity contribution in [3.63, 3.8) is 0 Å². The van der Waals surface area contributed by atoms with Crippen molar-refractivity contribution in [1.82, 2.24) is 4.98 Å². The molecule has 0 aliphatic carbocycles. The lowest BCUT2D eigenvalue weighted by Gasteiger charge is -2.19. The molecule has 1 N–H and O–H groups in total. The molecular weight excluding hydrogens is 387 g/mol. The van der Waals surface area contributed by atoms with Crippen molar-refractivity contribution in [3.05, 3.63) is 63.3 Å². The molecule has 0 saturated carbocycles. The quantitative estimate of drug-likeness (QED) is 0.381. The molecule has 5 nitrogen and oxygen atoms in total. The molecule has 0 saturated heterocycles. The van der Waals surface area contributed by atoms with E-state index in [1.54, 1.807) is 36.5 Å². The number of ether oxygens (including phenoxy) is 2.